The van der Waals surface area contributed by atoms with E-state index in [9.17, 15) is 0 Å². The van der Waals surface area contributed by atoms with Gasteiger partial charge in [-0.2, -0.15) is 5.26 Å². The Labute approximate surface area is 125 Å². The first-order valence-corrected chi connectivity index (χ1v) is 7.53. The van der Waals surface area contributed by atoms with Crippen molar-refractivity contribution in [2.45, 2.75) is 44.9 Å². The van der Waals surface area contributed by atoms with Crippen molar-refractivity contribution in [3.8, 4) is 11.8 Å². The Balaban J connectivity index is 2.04. The first kappa shape index (κ1) is 13.9. The van der Waals surface area contributed by atoms with E-state index in [2.05, 4.69) is 42.6 Å². The molecule has 0 amide bonds. The number of hydrogen-bond acceptors (Lipinski definition) is 3. The van der Waals surface area contributed by atoms with Crippen LogP contribution in [0.2, 0.25) is 0 Å². The van der Waals surface area contributed by atoms with Crippen molar-refractivity contribution in [1.82, 2.24) is 5.32 Å². The molecule has 0 bridgehead atoms. The Kier molecular flexibility index (Phi) is 3.81. The number of ether oxygens (including phenoxy) is 1. The van der Waals surface area contributed by atoms with E-state index in [-0.39, 0.29) is 6.04 Å². The van der Waals surface area contributed by atoms with Crippen LogP contribution in [0.1, 0.15) is 38.3 Å². The molecule has 0 radical (unpaired) electrons. The van der Waals surface area contributed by atoms with Crippen molar-refractivity contribution in [2.24, 2.45) is 0 Å². The summed E-state index contributed by atoms with van der Waals surface area (Å²) in [6.07, 6.45) is 2.05. The minimum absolute atomic E-state index is 0.225. The van der Waals surface area contributed by atoms with E-state index < -0.39 is 6.10 Å². The van der Waals surface area contributed by atoms with Crippen LogP contribution >= 0.6 is 0 Å². The van der Waals surface area contributed by atoms with Crippen LogP contribution < -0.4 is 10.1 Å². The van der Waals surface area contributed by atoms with Crippen LogP contribution in [0.5, 0.6) is 5.75 Å². The molecule has 108 valence electrons. The standard InChI is InChI=1S/C18H20N2O/c1-12(11-19)21-18-16(13(2)20-15-8-9-15)10-7-14-5-3-4-6-17(14)18/h3-7,10,12-13,15,20H,8-9H2,1-2H3. The lowest BCUT2D eigenvalue weighted by atomic mass is 10.0. The highest BCUT2D eigenvalue weighted by Gasteiger charge is 2.25. The van der Waals surface area contributed by atoms with Crippen LogP contribution in [0.25, 0.3) is 10.8 Å². The molecule has 2 unspecified atom stereocenters. The second-order valence-electron chi connectivity index (χ2n) is 5.76. The van der Waals surface area contributed by atoms with Crippen LogP contribution in [0.15, 0.2) is 36.4 Å². The van der Waals surface area contributed by atoms with Gasteiger partial charge < -0.3 is 10.1 Å². The largest absolute Gasteiger partial charge is 0.475 e. The Bertz CT molecular complexity index is 685. The highest BCUT2D eigenvalue weighted by atomic mass is 16.5. The molecule has 2 aromatic carbocycles. The number of fused-ring (bicyclic) bond motifs is 1. The van der Waals surface area contributed by atoms with E-state index in [0.717, 1.165) is 22.1 Å². The third-order valence-corrected chi connectivity index (χ3v) is 3.92. The Morgan fingerprint density at radius 2 is 1.95 bits per heavy atom. The van der Waals surface area contributed by atoms with Gasteiger partial charge in [0, 0.05) is 23.0 Å². The second-order valence-corrected chi connectivity index (χ2v) is 5.76. The van der Waals surface area contributed by atoms with Gasteiger partial charge in [-0.05, 0) is 32.1 Å². The lowest BCUT2D eigenvalue weighted by Gasteiger charge is -2.21. The summed E-state index contributed by atoms with van der Waals surface area (Å²) in [5.74, 6) is 0.836. The molecule has 3 nitrogen and oxygen atoms in total. The fraction of sp³-hybridized carbons (Fsp3) is 0.389. The van der Waals surface area contributed by atoms with Crippen molar-refractivity contribution < 1.29 is 4.74 Å². The van der Waals surface area contributed by atoms with E-state index >= 15 is 0 Å². The molecule has 3 heteroatoms. The van der Waals surface area contributed by atoms with Crippen LogP contribution in [0.4, 0.5) is 0 Å². The van der Waals surface area contributed by atoms with E-state index in [4.69, 9.17) is 10.00 Å². The molecule has 0 saturated heterocycles. The normalized spacial score (nSPS) is 17.2. The van der Waals surface area contributed by atoms with Gasteiger partial charge in [-0.3, -0.25) is 0 Å². The maximum atomic E-state index is 9.06. The molecule has 1 fully saturated rings. The number of nitriles is 1. The van der Waals surface area contributed by atoms with E-state index in [1.165, 1.54) is 12.8 Å². The molecule has 21 heavy (non-hydrogen) atoms. The fourth-order valence-electron chi connectivity index (χ4n) is 2.63. The topological polar surface area (TPSA) is 45.0 Å². The van der Waals surface area contributed by atoms with Crippen molar-refractivity contribution >= 4 is 10.8 Å². The average molecular weight is 280 g/mol. The van der Waals surface area contributed by atoms with Gasteiger partial charge >= 0.3 is 0 Å². The van der Waals surface area contributed by atoms with Crippen LogP contribution in [0, 0.1) is 11.3 Å². The van der Waals surface area contributed by atoms with Gasteiger partial charge in [-0.1, -0.05) is 36.4 Å². The second kappa shape index (κ2) is 5.75. The Morgan fingerprint density at radius 1 is 1.19 bits per heavy atom. The van der Waals surface area contributed by atoms with Gasteiger partial charge in [0.25, 0.3) is 0 Å². The number of nitrogens with one attached hydrogen (secondary N) is 1. The van der Waals surface area contributed by atoms with Gasteiger partial charge in [0.1, 0.15) is 11.8 Å². The van der Waals surface area contributed by atoms with E-state index in [1.54, 1.807) is 6.92 Å². The summed E-state index contributed by atoms with van der Waals surface area (Å²) < 4.78 is 5.93. The fourth-order valence-corrected chi connectivity index (χ4v) is 2.63. The highest BCUT2D eigenvalue weighted by Crippen LogP contribution is 2.35. The maximum absolute atomic E-state index is 9.06. The van der Waals surface area contributed by atoms with E-state index in [0.29, 0.717) is 6.04 Å². The molecule has 0 spiro atoms. The lowest BCUT2D eigenvalue weighted by molar-refractivity contribution is 0.274. The molecular weight excluding hydrogens is 260 g/mol. The number of nitrogens with zero attached hydrogens (tertiary/aromatic N) is 1. The van der Waals surface area contributed by atoms with E-state index in [1.807, 2.05) is 12.1 Å². The predicted octanol–water partition coefficient (Wildman–Crippen LogP) is 3.94. The van der Waals surface area contributed by atoms with Crippen LogP contribution in [-0.4, -0.2) is 12.1 Å². The van der Waals surface area contributed by atoms with Gasteiger partial charge in [-0.25, -0.2) is 0 Å². The lowest BCUT2D eigenvalue weighted by Crippen LogP contribution is -2.22. The van der Waals surface area contributed by atoms with Gasteiger partial charge in [0.05, 0.1) is 0 Å². The Morgan fingerprint density at radius 3 is 2.67 bits per heavy atom. The van der Waals surface area contributed by atoms with Crippen LogP contribution in [0.3, 0.4) is 0 Å². The molecule has 2 atom stereocenters. The first-order chi connectivity index (χ1) is 10.2. The maximum Gasteiger partial charge on any atom is 0.181 e. The van der Waals surface area contributed by atoms with Crippen molar-refractivity contribution in [1.29, 1.82) is 5.26 Å². The third kappa shape index (κ3) is 3.01. The SMILES string of the molecule is CC(C#N)Oc1c(C(C)NC2CC2)ccc2ccccc12. The zero-order valence-electron chi connectivity index (χ0n) is 12.5. The summed E-state index contributed by atoms with van der Waals surface area (Å²) in [7, 11) is 0. The van der Waals surface area contributed by atoms with Crippen molar-refractivity contribution in [3.63, 3.8) is 0 Å². The minimum Gasteiger partial charge on any atom is -0.475 e. The average Bonchev–Trinajstić information content (AvgIpc) is 3.31. The summed E-state index contributed by atoms with van der Waals surface area (Å²) in [5, 5.41) is 14.9. The summed E-state index contributed by atoms with van der Waals surface area (Å²) >= 11 is 0. The summed E-state index contributed by atoms with van der Waals surface area (Å²) in [5.41, 5.74) is 1.13. The van der Waals surface area contributed by atoms with Gasteiger partial charge in [-0.15, -0.1) is 0 Å². The molecule has 0 heterocycles. The zero-order valence-corrected chi connectivity index (χ0v) is 12.5. The summed E-state index contributed by atoms with van der Waals surface area (Å²) in [6.45, 7) is 3.94. The minimum atomic E-state index is -0.456. The number of hydrogen-bond donors (Lipinski definition) is 1. The summed E-state index contributed by atoms with van der Waals surface area (Å²) in [4.78, 5) is 0. The number of benzene rings is 2. The monoisotopic (exact) mass is 280 g/mol. The molecule has 3 rings (SSSR count). The first-order valence-electron chi connectivity index (χ1n) is 7.53. The predicted molar refractivity (Wildman–Crippen MR) is 84.2 cm³/mol. The molecular formula is C18H20N2O. The molecule has 1 saturated carbocycles. The smallest absolute Gasteiger partial charge is 0.181 e. The van der Waals surface area contributed by atoms with Crippen LogP contribution in [-0.2, 0) is 0 Å². The molecule has 2 aromatic rings. The zero-order chi connectivity index (χ0) is 14.8. The van der Waals surface area contributed by atoms with Crippen molar-refractivity contribution in [2.75, 3.05) is 0 Å². The molecule has 0 aliphatic heterocycles. The Hall–Kier alpha value is -2.05. The van der Waals surface area contributed by atoms with Gasteiger partial charge in [0.2, 0.25) is 0 Å². The summed E-state index contributed by atoms with van der Waals surface area (Å²) in [6, 6.07) is 15.4. The highest BCUT2D eigenvalue weighted by molar-refractivity contribution is 5.89. The van der Waals surface area contributed by atoms with Gasteiger partial charge in [0.15, 0.2) is 6.10 Å². The quantitative estimate of drug-likeness (QED) is 0.902. The molecule has 1 aliphatic rings. The molecule has 1 N–H and O–H groups in total. The number of rotatable bonds is 5. The van der Waals surface area contributed by atoms with Crippen molar-refractivity contribution in [3.05, 3.63) is 42.0 Å². The third-order valence-electron chi connectivity index (χ3n) is 3.92. The molecule has 1 aliphatic carbocycles. The molecule has 0 aromatic heterocycles.